The van der Waals surface area contributed by atoms with E-state index in [-0.39, 0.29) is 17.8 Å². The first kappa shape index (κ1) is 18.6. The Hall–Kier alpha value is -3.17. The van der Waals surface area contributed by atoms with E-state index in [2.05, 4.69) is 35.6 Å². The second-order valence-electron chi connectivity index (χ2n) is 5.92. The fraction of sp³-hybridized carbons (Fsp3) is 0.353. The van der Waals surface area contributed by atoms with Crippen LogP contribution in [0.5, 0.6) is 5.75 Å². The van der Waals surface area contributed by atoms with Crippen LogP contribution in [0.25, 0.3) is 0 Å². The van der Waals surface area contributed by atoms with Gasteiger partial charge in [-0.25, -0.2) is 9.78 Å². The normalized spacial score (nSPS) is 16.3. The number of urea groups is 1. The van der Waals surface area contributed by atoms with E-state index in [0.29, 0.717) is 18.2 Å². The van der Waals surface area contributed by atoms with Gasteiger partial charge >= 0.3 is 12.6 Å². The monoisotopic (exact) mass is 378 g/mol. The standard InChI is InChI=1S/C17H20F2N6O2/c1-20-16-21-8-6-14(24-16)25-9-7-12(10-25)23-17(26)22-11-2-4-13(5-3-11)27-15(18)19/h2-6,8,12,15H,7,9-10H2,1H3,(H,20,21,24)(H2,22,23,26)/t12-/m1/s1. The summed E-state index contributed by atoms with van der Waals surface area (Å²) in [4.78, 5) is 22.7. The lowest BCUT2D eigenvalue weighted by Gasteiger charge is -2.18. The largest absolute Gasteiger partial charge is 0.435 e. The lowest BCUT2D eigenvalue weighted by Crippen LogP contribution is -2.39. The molecule has 1 aromatic heterocycles. The molecule has 1 atom stereocenters. The first-order valence-electron chi connectivity index (χ1n) is 8.41. The smallest absolute Gasteiger partial charge is 0.387 e. The number of hydrogen-bond acceptors (Lipinski definition) is 6. The lowest BCUT2D eigenvalue weighted by molar-refractivity contribution is -0.0498. The number of ether oxygens (including phenoxy) is 1. The molecule has 0 saturated carbocycles. The van der Waals surface area contributed by atoms with Crippen molar-refractivity contribution >= 4 is 23.5 Å². The summed E-state index contributed by atoms with van der Waals surface area (Å²) < 4.78 is 28.5. The summed E-state index contributed by atoms with van der Waals surface area (Å²) in [5.41, 5.74) is 0.485. The average Bonchev–Trinajstić information content (AvgIpc) is 3.11. The van der Waals surface area contributed by atoms with Gasteiger partial charge in [0, 0.05) is 38.1 Å². The fourth-order valence-corrected chi connectivity index (χ4v) is 2.80. The summed E-state index contributed by atoms with van der Waals surface area (Å²) in [6, 6.07) is 7.17. The molecule has 1 aromatic carbocycles. The zero-order valence-electron chi connectivity index (χ0n) is 14.7. The summed E-state index contributed by atoms with van der Waals surface area (Å²) in [6.07, 6.45) is 2.47. The molecule has 3 N–H and O–H groups in total. The molecule has 0 spiro atoms. The lowest BCUT2D eigenvalue weighted by atomic mass is 10.2. The maximum atomic E-state index is 12.1. The summed E-state index contributed by atoms with van der Waals surface area (Å²) in [5, 5.41) is 8.47. The van der Waals surface area contributed by atoms with Gasteiger partial charge in [-0.2, -0.15) is 13.8 Å². The Kier molecular flexibility index (Phi) is 5.84. The molecule has 1 aliphatic rings. The highest BCUT2D eigenvalue weighted by Gasteiger charge is 2.25. The summed E-state index contributed by atoms with van der Waals surface area (Å²) in [5.74, 6) is 1.38. The number of nitrogens with zero attached hydrogens (tertiary/aromatic N) is 3. The fourth-order valence-electron chi connectivity index (χ4n) is 2.80. The van der Waals surface area contributed by atoms with Crippen molar-refractivity contribution in [1.82, 2.24) is 15.3 Å². The number of aromatic nitrogens is 2. The van der Waals surface area contributed by atoms with Crippen LogP contribution < -0.4 is 25.6 Å². The minimum atomic E-state index is -2.88. The van der Waals surface area contributed by atoms with Crippen molar-refractivity contribution in [3.63, 3.8) is 0 Å². The third-order valence-corrected chi connectivity index (χ3v) is 4.05. The molecular weight excluding hydrogens is 358 g/mol. The van der Waals surface area contributed by atoms with Gasteiger partial charge in [0.25, 0.3) is 0 Å². The first-order valence-corrected chi connectivity index (χ1v) is 8.41. The minimum Gasteiger partial charge on any atom is -0.435 e. The number of hydrogen-bond donors (Lipinski definition) is 3. The molecule has 8 nitrogen and oxygen atoms in total. The number of amides is 2. The van der Waals surface area contributed by atoms with Crippen LogP contribution in [0.1, 0.15) is 6.42 Å². The molecule has 1 fully saturated rings. The van der Waals surface area contributed by atoms with E-state index in [1.54, 1.807) is 13.2 Å². The molecule has 0 bridgehead atoms. The topological polar surface area (TPSA) is 91.4 Å². The van der Waals surface area contributed by atoms with Crippen molar-refractivity contribution in [2.24, 2.45) is 0 Å². The number of alkyl halides is 2. The highest BCUT2D eigenvalue weighted by molar-refractivity contribution is 5.89. The molecule has 0 radical (unpaired) electrons. The molecule has 10 heteroatoms. The van der Waals surface area contributed by atoms with Gasteiger partial charge in [0.15, 0.2) is 0 Å². The molecule has 27 heavy (non-hydrogen) atoms. The van der Waals surface area contributed by atoms with Crippen LogP contribution in [0.2, 0.25) is 0 Å². The first-order chi connectivity index (χ1) is 13.0. The molecule has 3 rings (SSSR count). The predicted octanol–water partition coefficient (Wildman–Crippen LogP) is 2.52. The predicted molar refractivity (Wildman–Crippen MR) is 97.4 cm³/mol. The van der Waals surface area contributed by atoms with E-state index in [0.717, 1.165) is 18.8 Å². The third-order valence-electron chi connectivity index (χ3n) is 4.05. The van der Waals surface area contributed by atoms with Crippen molar-refractivity contribution in [2.45, 2.75) is 19.1 Å². The van der Waals surface area contributed by atoms with Gasteiger partial charge in [-0.15, -0.1) is 0 Å². The SMILES string of the molecule is CNc1nccc(N2CC[C@@H](NC(=O)Nc3ccc(OC(F)F)cc3)C2)n1. The van der Waals surface area contributed by atoms with Crippen LogP contribution in [0, 0.1) is 0 Å². The highest BCUT2D eigenvalue weighted by Crippen LogP contribution is 2.20. The van der Waals surface area contributed by atoms with Gasteiger partial charge in [-0.3, -0.25) is 0 Å². The zero-order chi connectivity index (χ0) is 19.2. The van der Waals surface area contributed by atoms with E-state index in [1.807, 2.05) is 6.07 Å². The molecule has 2 aromatic rings. The zero-order valence-corrected chi connectivity index (χ0v) is 14.7. The Morgan fingerprint density at radius 1 is 1.30 bits per heavy atom. The molecule has 0 aliphatic carbocycles. The van der Waals surface area contributed by atoms with Crippen molar-refractivity contribution in [2.75, 3.05) is 35.7 Å². The van der Waals surface area contributed by atoms with Crippen LogP contribution >= 0.6 is 0 Å². The number of nitrogens with one attached hydrogen (secondary N) is 3. The number of anilines is 3. The average molecular weight is 378 g/mol. The number of rotatable bonds is 6. The molecular formula is C17H20F2N6O2. The number of carbonyl (C=O) groups excluding carboxylic acids is 1. The van der Waals surface area contributed by atoms with Crippen LogP contribution in [0.4, 0.5) is 31.0 Å². The van der Waals surface area contributed by atoms with E-state index >= 15 is 0 Å². The Labute approximate surface area is 154 Å². The van der Waals surface area contributed by atoms with Crippen LogP contribution in [-0.4, -0.2) is 48.8 Å². The molecule has 0 unspecified atom stereocenters. The Balaban J connectivity index is 1.50. The van der Waals surface area contributed by atoms with Crippen molar-refractivity contribution in [3.8, 4) is 5.75 Å². The van der Waals surface area contributed by atoms with Crippen LogP contribution in [0.3, 0.4) is 0 Å². The van der Waals surface area contributed by atoms with E-state index in [9.17, 15) is 13.6 Å². The minimum absolute atomic E-state index is 0.0283. The third kappa shape index (κ3) is 5.16. The van der Waals surface area contributed by atoms with Gasteiger partial charge < -0.3 is 25.6 Å². The van der Waals surface area contributed by atoms with E-state index in [4.69, 9.17) is 0 Å². The maximum Gasteiger partial charge on any atom is 0.387 e. The summed E-state index contributed by atoms with van der Waals surface area (Å²) in [7, 11) is 1.75. The summed E-state index contributed by atoms with van der Waals surface area (Å²) in [6.45, 7) is -1.48. The van der Waals surface area contributed by atoms with Crippen LogP contribution in [-0.2, 0) is 0 Å². The second-order valence-corrected chi connectivity index (χ2v) is 5.92. The van der Waals surface area contributed by atoms with Gasteiger partial charge in [-0.05, 0) is 36.8 Å². The van der Waals surface area contributed by atoms with Crippen LogP contribution in [0.15, 0.2) is 36.5 Å². The highest BCUT2D eigenvalue weighted by atomic mass is 19.3. The number of halogens is 2. The maximum absolute atomic E-state index is 12.1. The number of benzene rings is 1. The van der Waals surface area contributed by atoms with Gasteiger partial charge in [-0.1, -0.05) is 0 Å². The second kappa shape index (κ2) is 8.47. The Bertz CT molecular complexity index is 774. The molecule has 144 valence electrons. The number of carbonyl (C=O) groups is 1. The van der Waals surface area contributed by atoms with Crippen molar-refractivity contribution < 1.29 is 18.3 Å². The van der Waals surface area contributed by atoms with E-state index < -0.39 is 6.61 Å². The van der Waals surface area contributed by atoms with E-state index in [1.165, 1.54) is 24.3 Å². The van der Waals surface area contributed by atoms with Crippen molar-refractivity contribution in [1.29, 1.82) is 0 Å². The van der Waals surface area contributed by atoms with Gasteiger partial charge in [0.1, 0.15) is 11.6 Å². The van der Waals surface area contributed by atoms with Gasteiger partial charge in [0.05, 0.1) is 0 Å². The molecule has 2 heterocycles. The summed E-state index contributed by atoms with van der Waals surface area (Å²) >= 11 is 0. The quantitative estimate of drug-likeness (QED) is 0.716. The molecule has 1 aliphatic heterocycles. The molecule has 2 amide bonds. The molecule has 1 saturated heterocycles. The Morgan fingerprint density at radius 2 is 2.07 bits per heavy atom. The van der Waals surface area contributed by atoms with Crippen molar-refractivity contribution in [3.05, 3.63) is 36.5 Å². The Morgan fingerprint density at radius 3 is 2.78 bits per heavy atom. The van der Waals surface area contributed by atoms with Gasteiger partial charge in [0.2, 0.25) is 5.95 Å².